The summed E-state index contributed by atoms with van der Waals surface area (Å²) >= 11 is 5.99. The van der Waals surface area contributed by atoms with Gasteiger partial charge < -0.3 is 9.47 Å². The van der Waals surface area contributed by atoms with Crippen LogP contribution in [-0.2, 0) is 0 Å². The first-order valence-corrected chi connectivity index (χ1v) is 8.99. The van der Waals surface area contributed by atoms with Crippen LogP contribution in [0.2, 0.25) is 5.02 Å². The van der Waals surface area contributed by atoms with Gasteiger partial charge in [-0.1, -0.05) is 23.7 Å². The molecule has 3 aromatic carbocycles. The summed E-state index contributed by atoms with van der Waals surface area (Å²) in [6.07, 6.45) is 1.49. The number of esters is 1. The van der Waals surface area contributed by atoms with E-state index in [4.69, 9.17) is 21.1 Å². The maximum atomic E-state index is 12.2. The molecule has 29 heavy (non-hydrogen) atoms. The number of halogens is 1. The van der Waals surface area contributed by atoms with Gasteiger partial charge in [0.25, 0.3) is 5.91 Å². The van der Waals surface area contributed by atoms with Crippen LogP contribution in [-0.4, -0.2) is 25.2 Å². The molecule has 0 radical (unpaired) electrons. The Bertz CT molecular complexity index is 1030. The van der Waals surface area contributed by atoms with Gasteiger partial charge in [0.15, 0.2) is 0 Å². The Balaban J connectivity index is 1.56. The van der Waals surface area contributed by atoms with E-state index in [0.29, 0.717) is 27.6 Å². The normalized spacial score (nSPS) is 10.6. The van der Waals surface area contributed by atoms with Crippen LogP contribution >= 0.6 is 11.6 Å². The van der Waals surface area contributed by atoms with Crippen molar-refractivity contribution in [1.29, 1.82) is 0 Å². The zero-order chi connectivity index (χ0) is 20.6. The van der Waals surface area contributed by atoms with Crippen LogP contribution in [0, 0.1) is 0 Å². The largest absolute Gasteiger partial charge is 0.497 e. The number of rotatable bonds is 6. The average Bonchev–Trinajstić information content (AvgIpc) is 2.75. The summed E-state index contributed by atoms with van der Waals surface area (Å²) in [4.78, 5) is 24.2. The van der Waals surface area contributed by atoms with Crippen molar-refractivity contribution in [3.8, 4) is 11.5 Å². The fourth-order valence-corrected chi connectivity index (χ4v) is 2.60. The number of nitrogens with zero attached hydrogens (tertiary/aromatic N) is 1. The van der Waals surface area contributed by atoms with Crippen LogP contribution in [0.25, 0.3) is 0 Å². The molecule has 0 spiro atoms. The van der Waals surface area contributed by atoms with Crippen molar-refractivity contribution in [1.82, 2.24) is 5.43 Å². The molecule has 0 bridgehead atoms. The zero-order valence-electron chi connectivity index (χ0n) is 15.5. The number of nitrogens with one attached hydrogen (secondary N) is 1. The highest BCUT2D eigenvalue weighted by Crippen LogP contribution is 2.19. The van der Waals surface area contributed by atoms with E-state index in [2.05, 4.69) is 10.5 Å². The predicted molar refractivity (Wildman–Crippen MR) is 111 cm³/mol. The first kappa shape index (κ1) is 20.1. The maximum absolute atomic E-state index is 12.2. The van der Waals surface area contributed by atoms with Gasteiger partial charge in [0, 0.05) is 5.56 Å². The van der Waals surface area contributed by atoms with Crippen molar-refractivity contribution in [2.45, 2.75) is 0 Å². The lowest BCUT2D eigenvalue weighted by Crippen LogP contribution is -2.17. The van der Waals surface area contributed by atoms with E-state index in [1.807, 2.05) is 0 Å². The third-order valence-corrected chi connectivity index (χ3v) is 4.25. The van der Waals surface area contributed by atoms with Crippen molar-refractivity contribution >= 4 is 29.7 Å². The molecule has 0 heterocycles. The molecular weight excluding hydrogens is 392 g/mol. The Morgan fingerprint density at radius 3 is 2.24 bits per heavy atom. The molecule has 0 aliphatic rings. The lowest BCUT2D eigenvalue weighted by molar-refractivity contribution is 0.0734. The number of ether oxygens (including phenoxy) is 2. The SMILES string of the molecule is COc1ccc(C(=O)N/N=C/c2ccc(OC(=O)c3ccccc3Cl)cc2)cc1. The summed E-state index contributed by atoms with van der Waals surface area (Å²) in [5.74, 6) is 0.160. The molecule has 0 aromatic heterocycles. The van der Waals surface area contributed by atoms with Crippen molar-refractivity contribution in [2.24, 2.45) is 5.10 Å². The second kappa shape index (κ2) is 9.52. The topological polar surface area (TPSA) is 77.0 Å². The molecule has 0 fully saturated rings. The monoisotopic (exact) mass is 408 g/mol. The fourth-order valence-electron chi connectivity index (χ4n) is 2.38. The van der Waals surface area contributed by atoms with Crippen LogP contribution in [0.5, 0.6) is 11.5 Å². The number of carbonyl (C=O) groups excluding carboxylic acids is 2. The third-order valence-electron chi connectivity index (χ3n) is 3.92. The van der Waals surface area contributed by atoms with Crippen LogP contribution in [0.15, 0.2) is 77.9 Å². The lowest BCUT2D eigenvalue weighted by atomic mass is 10.2. The van der Waals surface area contributed by atoms with Gasteiger partial charge in [-0.15, -0.1) is 0 Å². The Morgan fingerprint density at radius 1 is 0.931 bits per heavy atom. The number of hydrogen-bond acceptors (Lipinski definition) is 5. The minimum Gasteiger partial charge on any atom is -0.497 e. The lowest BCUT2D eigenvalue weighted by Gasteiger charge is -2.06. The molecule has 0 aliphatic heterocycles. The van der Waals surface area contributed by atoms with Crippen LogP contribution in [0.4, 0.5) is 0 Å². The Hall–Kier alpha value is -3.64. The first-order valence-electron chi connectivity index (χ1n) is 8.61. The molecule has 0 unspecified atom stereocenters. The molecule has 0 saturated carbocycles. The summed E-state index contributed by atoms with van der Waals surface area (Å²) < 4.78 is 10.4. The number of carbonyl (C=O) groups is 2. The van der Waals surface area contributed by atoms with Crippen molar-refractivity contribution in [3.63, 3.8) is 0 Å². The van der Waals surface area contributed by atoms with E-state index >= 15 is 0 Å². The highest BCUT2D eigenvalue weighted by atomic mass is 35.5. The van der Waals surface area contributed by atoms with Gasteiger partial charge in [0.05, 0.1) is 23.9 Å². The molecule has 1 amide bonds. The number of methoxy groups -OCH3 is 1. The van der Waals surface area contributed by atoms with Gasteiger partial charge in [0.1, 0.15) is 11.5 Å². The molecule has 146 valence electrons. The smallest absolute Gasteiger partial charge is 0.345 e. The number of amides is 1. The highest BCUT2D eigenvalue weighted by Gasteiger charge is 2.12. The number of hydrogen-bond donors (Lipinski definition) is 1. The van der Waals surface area contributed by atoms with Gasteiger partial charge in [0.2, 0.25) is 0 Å². The fraction of sp³-hybridized carbons (Fsp3) is 0.0455. The average molecular weight is 409 g/mol. The molecule has 0 atom stereocenters. The summed E-state index contributed by atoms with van der Waals surface area (Å²) in [5, 5.41) is 4.26. The van der Waals surface area contributed by atoms with Crippen LogP contribution in [0.3, 0.4) is 0 Å². The molecule has 1 N–H and O–H groups in total. The van der Waals surface area contributed by atoms with Gasteiger partial charge in [-0.05, 0) is 66.2 Å². The second-order valence-electron chi connectivity index (χ2n) is 5.87. The second-order valence-corrected chi connectivity index (χ2v) is 6.27. The molecule has 7 heteroatoms. The number of benzene rings is 3. The van der Waals surface area contributed by atoms with Gasteiger partial charge >= 0.3 is 5.97 Å². The summed E-state index contributed by atoms with van der Waals surface area (Å²) in [6.45, 7) is 0. The highest BCUT2D eigenvalue weighted by molar-refractivity contribution is 6.33. The summed E-state index contributed by atoms with van der Waals surface area (Å²) in [6, 6.07) is 20.0. The zero-order valence-corrected chi connectivity index (χ0v) is 16.2. The Kier molecular flexibility index (Phi) is 6.60. The standard InChI is InChI=1S/C22H17ClN2O4/c1-28-17-12-8-16(9-13-17)21(26)25-24-14-15-6-10-18(11-7-15)29-22(27)19-4-2-3-5-20(19)23/h2-14H,1H3,(H,25,26)/b24-14+. The summed E-state index contributed by atoms with van der Waals surface area (Å²) in [7, 11) is 1.56. The predicted octanol–water partition coefficient (Wildman–Crippen LogP) is 4.33. The molecule has 0 aliphatic carbocycles. The maximum Gasteiger partial charge on any atom is 0.345 e. The van der Waals surface area contributed by atoms with E-state index in [9.17, 15) is 9.59 Å². The van der Waals surface area contributed by atoms with Crippen molar-refractivity contribution in [3.05, 3.63) is 94.5 Å². The van der Waals surface area contributed by atoms with E-state index in [0.717, 1.165) is 5.56 Å². The first-order chi connectivity index (χ1) is 14.1. The van der Waals surface area contributed by atoms with Crippen molar-refractivity contribution in [2.75, 3.05) is 7.11 Å². The van der Waals surface area contributed by atoms with Gasteiger partial charge in [-0.2, -0.15) is 5.10 Å². The quantitative estimate of drug-likeness (QED) is 0.285. The Morgan fingerprint density at radius 2 is 1.59 bits per heavy atom. The molecule has 6 nitrogen and oxygen atoms in total. The van der Waals surface area contributed by atoms with Crippen molar-refractivity contribution < 1.29 is 19.1 Å². The molecule has 3 rings (SSSR count). The van der Waals surface area contributed by atoms with Crippen LogP contribution < -0.4 is 14.9 Å². The number of hydrazone groups is 1. The van der Waals surface area contributed by atoms with Gasteiger partial charge in [-0.3, -0.25) is 4.79 Å². The molecule has 0 saturated heterocycles. The van der Waals surface area contributed by atoms with E-state index in [1.54, 1.807) is 79.9 Å². The van der Waals surface area contributed by atoms with Gasteiger partial charge in [-0.25, -0.2) is 10.2 Å². The minimum absolute atomic E-state index is 0.293. The summed E-state index contributed by atoms with van der Waals surface area (Å²) in [5.41, 5.74) is 3.92. The van der Waals surface area contributed by atoms with E-state index in [-0.39, 0.29) is 5.91 Å². The van der Waals surface area contributed by atoms with E-state index in [1.165, 1.54) is 6.21 Å². The molecule has 3 aromatic rings. The van der Waals surface area contributed by atoms with Crippen LogP contribution in [0.1, 0.15) is 26.3 Å². The third kappa shape index (κ3) is 5.43. The molecular formula is C22H17ClN2O4. The van der Waals surface area contributed by atoms with E-state index < -0.39 is 5.97 Å². The minimum atomic E-state index is -0.538. The Labute approximate surface area is 172 Å².